The van der Waals surface area contributed by atoms with E-state index in [1.165, 1.54) is 0 Å². The molecule has 4 heteroatoms. The molecule has 1 N–H and O–H groups in total. The second-order valence-electron chi connectivity index (χ2n) is 3.64. The van der Waals surface area contributed by atoms with Crippen LogP contribution in [0.25, 0.3) is 0 Å². The molecule has 0 spiro atoms. The van der Waals surface area contributed by atoms with Gasteiger partial charge in [0.05, 0.1) is 6.07 Å². The van der Waals surface area contributed by atoms with Crippen molar-refractivity contribution in [2.75, 3.05) is 19.8 Å². The van der Waals surface area contributed by atoms with Crippen LogP contribution in [0, 0.1) is 16.7 Å². The summed E-state index contributed by atoms with van der Waals surface area (Å²) in [4.78, 5) is 11.8. The normalized spacial score (nSPS) is 18.9. The van der Waals surface area contributed by atoms with E-state index in [4.69, 9.17) is 10.00 Å². The summed E-state index contributed by atoms with van der Waals surface area (Å²) in [6.07, 6.45) is 3.44. The van der Waals surface area contributed by atoms with Crippen LogP contribution in [-0.4, -0.2) is 25.7 Å². The van der Waals surface area contributed by atoms with Crippen LogP contribution in [0.1, 0.15) is 19.3 Å². The van der Waals surface area contributed by atoms with Crippen LogP contribution in [0.15, 0.2) is 12.7 Å². The van der Waals surface area contributed by atoms with Crippen LogP contribution < -0.4 is 5.32 Å². The van der Waals surface area contributed by atoms with Gasteiger partial charge in [-0.2, -0.15) is 5.26 Å². The number of rotatable bonds is 4. The van der Waals surface area contributed by atoms with Gasteiger partial charge in [-0.15, -0.1) is 6.58 Å². The van der Waals surface area contributed by atoms with E-state index in [1.54, 1.807) is 6.08 Å². The highest BCUT2D eigenvalue weighted by molar-refractivity contribution is 5.85. The molecule has 1 aliphatic rings. The van der Waals surface area contributed by atoms with Crippen molar-refractivity contribution < 1.29 is 9.53 Å². The largest absolute Gasteiger partial charge is 0.381 e. The number of hydrogen-bond acceptors (Lipinski definition) is 3. The number of nitriles is 1. The predicted molar refractivity (Wildman–Crippen MR) is 55.9 cm³/mol. The molecular weight excluding hydrogens is 192 g/mol. The molecule has 1 heterocycles. The molecular formula is C11H16N2O2. The van der Waals surface area contributed by atoms with Crippen molar-refractivity contribution >= 4 is 5.91 Å². The first-order valence-electron chi connectivity index (χ1n) is 5.13. The average molecular weight is 208 g/mol. The fourth-order valence-corrected chi connectivity index (χ4v) is 1.57. The molecule has 0 aromatic carbocycles. The SMILES string of the molecule is C=CCCNC(=O)C1(C#N)CCOCC1. The molecule has 1 fully saturated rings. The number of carbonyl (C=O) groups excluding carboxylic acids is 1. The van der Waals surface area contributed by atoms with Crippen LogP contribution in [0.2, 0.25) is 0 Å². The van der Waals surface area contributed by atoms with Gasteiger partial charge in [-0.05, 0) is 19.3 Å². The monoisotopic (exact) mass is 208 g/mol. The van der Waals surface area contributed by atoms with Gasteiger partial charge >= 0.3 is 0 Å². The van der Waals surface area contributed by atoms with Gasteiger partial charge in [0, 0.05) is 19.8 Å². The molecule has 0 saturated carbocycles. The highest BCUT2D eigenvalue weighted by Gasteiger charge is 2.40. The third kappa shape index (κ3) is 2.80. The molecule has 0 aliphatic carbocycles. The molecule has 0 bridgehead atoms. The first-order chi connectivity index (χ1) is 7.25. The van der Waals surface area contributed by atoms with Crippen molar-refractivity contribution in [3.8, 4) is 6.07 Å². The Labute approximate surface area is 89.9 Å². The lowest BCUT2D eigenvalue weighted by Crippen LogP contribution is -2.44. The molecule has 0 aromatic rings. The minimum atomic E-state index is -0.876. The Morgan fingerprint density at radius 1 is 1.60 bits per heavy atom. The minimum Gasteiger partial charge on any atom is -0.381 e. The molecule has 0 radical (unpaired) electrons. The summed E-state index contributed by atoms with van der Waals surface area (Å²) < 4.78 is 5.16. The third-order valence-electron chi connectivity index (χ3n) is 2.63. The summed E-state index contributed by atoms with van der Waals surface area (Å²) in [5.41, 5.74) is -0.876. The van der Waals surface area contributed by atoms with Gasteiger partial charge in [-0.3, -0.25) is 4.79 Å². The highest BCUT2D eigenvalue weighted by atomic mass is 16.5. The Morgan fingerprint density at radius 2 is 2.27 bits per heavy atom. The Hall–Kier alpha value is -1.34. The van der Waals surface area contributed by atoms with E-state index >= 15 is 0 Å². The summed E-state index contributed by atoms with van der Waals surface area (Å²) in [5, 5.41) is 11.8. The zero-order valence-electron chi connectivity index (χ0n) is 8.79. The molecule has 1 aliphatic heterocycles. The number of nitrogens with zero attached hydrogens (tertiary/aromatic N) is 1. The van der Waals surface area contributed by atoms with E-state index < -0.39 is 5.41 Å². The zero-order chi connectivity index (χ0) is 11.1. The van der Waals surface area contributed by atoms with Crippen LogP contribution in [0.4, 0.5) is 0 Å². The van der Waals surface area contributed by atoms with E-state index in [1.807, 2.05) is 0 Å². The lowest BCUT2D eigenvalue weighted by Gasteiger charge is -2.29. The molecule has 1 amide bonds. The fraction of sp³-hybridized carbons (Fsp3) is 0.636. The van der Waals surface area contributed by atoms with Crippen molar-refractivity contribution in [1.29, 1.82) is 5.26 Å². The maximum atomic E-state index is 11.8. The van der Waals surface area contributed by atoms with Crippen LogP contribution in [0.3, 0.4) is 0 Å². The van der Waals surface area contributed by atoms with Crippen molar-refractivity contribution in [2.45, 2.75) is 19.3 Å². The van der Waals surface area contributed by atoms with Crippen molar-refractivity contribution in [3.63, 3.8) is 0 Å². The summed E-state index contributed by atoms with van der Waals surface area (Å²) in [5.74, 6) is -0.171. The quantitative estimate of drug-likeness (QED) is 0.553. The first kappa shape index (κ1) is 11.7. The maximum absolute atomic E-state index is 11.8. The summed E-state index contributed by atoms with van der Waals surface area (Å²) >= 11 is 0. The lowest BCUT2D eigenvalue weighted by atomic mass is 9.81. The van der Waals surface area contributed by atoms with Gasteiger partial charge in [0.15, 0.2) is 0 Å². The Balaban J connectivity index is 2.53. The van der Waals surface area contributed by atoms with E-state index in [0.717, 1.165) is 6.42 Å². The lowest BCUT2D eigenvalue weighted by molar-refractivity contribution is -0.132. The molecule has 15 heavy (non-hydrogen) atoms. The standard InChI is InChI=1S/C11H16N2O2/c1-2-3-6-13-10(14)11(9-12)4-7-15-8-5-11/h2H,1,3-8H2,(H,13,14). The first-order valence-corrected chi connectivity index (χ1v) is 5.13. The van der Waals surface area contributed by atoms with Gasteiger partial charge in [-0.1, -0.05) is 6.08 Å². The number of nitrogens with one attached hydrogen (secondary N) is 1. The van der Waals surface area contributed by atoms with Gasteiger partial charge in [0.25, 0.3) is 0 Å². The Bertz CT molecular complexity index is 275. The summed E-state index contributed by atoms with van der Waals surface area (Å²) in [6, 6.07) is 2.13. The van der Waals surface area contributed by atoms with E-state index in [0.29, 0.717) is 32.6 Å². The van der Waals surface area contributed by atoms with Gasteiger partial charge in [0.1, 0.15) is 5.41 Å². The summed E-state index contributed by atoms with van der Waals surface area (Å²) in [6.45, 7) is 5.10. The highest BCUT2D eigenvalue weighted by Crippen LogP contribution is 2.29. The molecule has 0 atom stereocenters. The van der Waals surface area contributed by atoms with Gasteiger partial charge in [0.2, 0.25) is 5.91 Å². The minimum absolute atomic E-state index is 0.171. The number of ether oxygens (including phenoxy) is 1. The molecule has 1 saturated heterocycles. The van der Waals surface area contributed by atoms with E-state index in [9.17, 15) is 4.79 Å². The Morgan fingerprint density at radius 3 is 2.80 bits per heavy atom. The number of carbonyl (C=O) groups is 1. The van der Waals surface area contributed by atoms with Crippen LogP contribution >= 0.6 is 0 Å². The smallest absolute Gasteiger partial charge is 0.240 e. The van der Waals surface area contributed by atoms with Crippen molar-refractivity contribution in [2.24, 2.45) is 5.41 Å². The predicted octanol–water partition coefficient (Wildman–Crippen LogP) is 0.999. The molecule has 82 valence electrons. The van der Waals surface area contributed by atoms with Crippen molar-refractivity contribution in [1.82, 2.24) is 5.32 Å². The topological polar surface area (TPSA) is 62.1 Å². The molecule has 0 unspecified atom stereocenters. The van der Waals surface area contributed by atoms with Gasteiger partial charge < -0.3 is 10.1 Å². The zero-order valence-corrected chi connectivity index (χ0v) is 8.79. The fourth-order valence-electron chi connectivity index (χ4n) is 1.57. The van der Waals surface area contributed by atoms with Crippen LogP contribution in [-0.2, 0) is 9.53 Å². The third-order valence-corrected chi connectivity index (χ3v) is 2.63. The second-order valence-corrected chi connectivity index (χ2v) is 3.64. The number of amides is 1. The number of hydrogen-bond donors (Lipinski definition) is 1. The second kappa shape index (κ2) is 5.52. The van der Waals surface area contributed by atoms with Crippen molar-refractivity contribution in [3.05, 3.63) is 12.7 Å². The molecule has 4 nitrogen and oxygen atoms in total. The van der Waals surface area contributed by atoms with E-state index in [2.05, 4.69) is 18.0 Å². The van der Waals surface area contributed by atoms with Crippen LogP contribution in [0.5, 0.6) is 0 Å². The average Bonchev–Trinajstić information content (AvgIpc) is 2.30. The molecule has 0 aromatic heterocycles. The van der Waals surface area contributed by atoms with E-state index in [-0.39, 0.29) is 5.91 Å². The molecule has 1 rings (SSSR count). The Kier molecular flexibility index (Phi) is 4.32. The van der Waals surface area contributed by atoms with Gasteiger partial charge in [-0.25, -0.2) is 0 Å². The maximum Gasteiger partial charge on any atom is 0.240 e. The summed E-state index contributed by atoms with van der Waals surface area (Å²) in [7, 11) is 0.